The molecule has 0 fully saturated rings. The molecule has 0 saturated heterocycles. The minimum Gasteiger partial charge on any atom is -0.374 e. The van der Waals surface area contributed by atoms with Crippen LogP contribution in [0.2, 0.25) is 0 Å². The lowest BCUT2D eigenvalue weighted by Crippen LogP contribution is -2.24. The highest BCUT2D eigenvalue weighted by molar-refractivity contribution is 7.13. The van der Waals surface area contributed by atoms with Gasteiger partial charge in [0.05, 0.1) is 5.69 Å². The summed E-state index contributed by atoms with van der Waals surface area (Å²) in [6.07, 6.45) is 2.40. The van der Waals surface area contributed by atoms with Crippen LogP contribution in [-0.4, -0.2) is 18.6 Å². The van der Waals surface area contributed by atoms with Crippen LogP contribution in [0.25, 0.3) is 10.6 Å². The van der Waals surface area contributed by atoms with E-state index in [0.717, 1.165) is 17.2 Å². The number of hydrogen-bond donors (Lipinski definition) is 1. The summed E-state index contributed by atoms with van der Waals surface area (Å²) in [6.45, 7) is 3.12. The quantitative estimate of drug-likeness (QED) is 0.913. The Morgan fingerprint density at radius 1 is 1.42 bits per heavy atom. The van der Waals surface area contributed by atoms with Crippen molar-refractivity contribution in [2.45, 2.75) is 25.8 Å². The van der Waals surface area contributed by atoms with Gasteiger partial charge in [0.15, 0.2) is 0 Å². The Kier molecular flexibility index (Phi) is 3.29. The minimum atomic E-state index is 0.00811. The van der Waals surface area contributed by atoms with E-state index in [9.17, 15) is 0 Å². The molecule has 0 bridgehead atoms. The van der Waals surface area contributed by atoms with E-state index >= 15 is 0 Å². The van der Waals surface area contributed by atoms with Crippen LogP contribution >= 0.6 is 11.3 Å². The Morgan fingerprint density at radius 3 is 3.00 bits per heavy atom. The molecule has 2 aromatic rings. The fraction of sp³-hybridized carbons (Fsp3) is 0.400. The van der Waals surface area contributed by atoms with Gasteiger partial charge in [0, 0.05) is 36.3 Å². The molecule has 0 aliphatic carbocycles. The maximum absolute atomic E-state index is 5.87. The number of hydrogen-bond acceptors (Lipinski definition) is 4. The molecule has 1 aliphatic heterocycles. The lowest BCUT2D eigenvalue weighted by molar-refractivity contribution is 0.745. The Balaban J connectivity index is 1.97. The van der Waals surface area contributed by atoms with Crippen molar-refractivity contribution in [3.63, 3.8) is 0 Å². The average Bonchev–Trinajstić information content (AvgIpc) is 2.88. The molecule has 100 valence electrons. The normalized spacial score (nSPS) is 16.3. The van der Waals surface area contributed by atoms with Crippen molar-refractivity contribution in [2.75, 3.05) is 18.5 Å². The van der Waals surface area contributed by atoms with Gasteiger partial charge in [0.1, 0.15) is 5.01 Å². The lowest BCUT2D eigenvalue weighted by atomic mass is 10.00. The maximum Gasteiger partial charge on any atom is 0.123 e. The second-order valence-electron chi connectivity index (χ2n) is 5.23. The molecule has 0 radical (unpaired) electrons. The minimum absolute atomic E-state index is 0.00811. The summed E-state index contributed by atoms with van der Waals surface area (Å²) < 4.78 is 0. The van der Waals surface area contributed by atoms with Crippen LogP contribution in [0.1, 0.15) is 30.6 Å². The van der Waals surface area contributed by atoms with Crippen LogP contribution in [0, 0.1) is 0 Å². The van der Waals surface area contributed by atoms with Crippen molar-refractivity contribution < 1.29 is 0 Å². The molecule has 4 heteroatoms. The van der Waals surface area contributed by atoms with E-state index in [-0.39, 0.29) is 6.04 Å². The highest BCUT2D eigenvalue weighted by atomic mass is 32.1. The van der Waals surface area contributed by atoms with Gasteiger partial charge in [0.2, 0.25) is 0 Å². The molecule has 2 N–H and O–H groups in total. The molecule has 19 heavy (non-hydrogen) atoms. The van der Waals surface area contributed by atoms with E-state index in [1.807, 2.05) is 6.92 Å². The second kappa shape index (κ2) is 4.94. The van der Waals surface area contributed by atoms with Crippen molar-refractivity contribution in [1.82, 2.24) is 4.98 Å². The molecule has 3 nitrogen and oxygen atoms in total. The lowest BCUT2D eigenvalue weighted by Gasteiger charge is -2.27. The number of rotatable bonds is 2. The van der Waals surface area contributed by atoms with Gasteiger partial charge in [-0.1, -0.05) is 0 Å². The number of aryl methyl sites for hydroxylation is 1. The summed E-state index contributed by atoms with van der Waals surface area (Å²) in [5, 5.41) is 3.13. The molecule has 0 amide bonds. The molecular formula is C15H19N3S. The van der Waals surface area contributed by atoms with Gasteiger partial charge in [-0.25, -0.2) is 4.98 Å². The van der Waals surface area contributed by atoms with Gasteiger partial charge in [-0.3, -0.25) is 0 Å². The number of nitrogens with two attached hydrogens (primary N) is 1. The first kappa shape index (κ1) is 12.6. The first-order chi connectivity index (χ1) is 9.15. The van der Waals surface area contributed by atoms with Gasteiger partial charge in [0.25, 0.3) is 0 Å². The monoisotopic (exact) mass is 273 g/mol. The first-order valence-electron chi connectivity index (χ1n) is 6.70. The van der Waals surface area contributed by atoms with Crippen molar-refractivity contribution in [3.05, 3.63) is 34.8 Å². The molecule has 1 aromatic carbocycles. The topological polar surface area (TPSA) is 42.1 Å². The summed E-state index contributed by atoms with van der Waals surface area (Å²) in [7, 11) is 2.16. The largest absolute Gasteiger partial charge is 0.374 e. The predicted molar refractivity (Wildman–Crippen MR) is 81.7 cm³/mol. The fourth-order valence-electron chi connectivity index (χ4n) is 2.55. The molecule has 1 unspecified atom stereocenters. The molecule has 1 aliphatic rings. The van der Waals surface area contributed by atoms with E-state index in [2.05, 4.69) is 40.5 Å². The van der Waals surface area contributed by atoms with Gasteiger partial charge < -0.3 is 10.6 Å². The number of nitrogens with zero attached hydrogens (tertiary/aromatic N) is 2. The van der Waals surface area contributed by atoms with Crippen LogP contribution in [0.5, 0.6) is 0 Å². The molecule has 2 heterocycles. The standard InChI is InChI=1S/C15H19N3S/c1-10(16)13-9-19-15(17-13)12-5-6-14-11(8-12)4-3-7-18(14)2/h5-6,8-10H,3-4,7,16H2,1-2H3. The van der Waals surface area contributed by atoms with E-state index < -0.39 is 0 Å². The third-order valence-electron chi connectivity index (χ3n) is 3.67. The Hall–Kier alpha value is -1.39. The summed E-state index contributed by atoms with van der Waals surface area (Å²) in [4.78, 5) is 6.96. The SMILES string of the molecule is CC(N)c1csc(-c2ccc3c(c2)CCCN3C)n1. The van der Waals surface area contributed by atoms with E-state index in [1.54, 1.807) is 11.3 Å². The summed E-state index contributed by atoms with van der Waals surface area (Å²) in [5.41, 5.74) is 10.9. The highest BCUT2D eigenvalue weighted by Gasteiger charge is 2.15. The summed E-state index contributed by atoms with van der Waals surface area (Å²) >= 11 is 1.68. The number of benzene rings is 1. The van der Waals surface area contributed by atoms with Crippen molar-refractivity contribution in [2.24, 2.45) is 5.73 Å². The average molecular weight is 273 g/mol. The number of anilines is 1. The number of thiazole rings is 1. The zero-order valence-electron chi connectivity index (χ0n) is 11.4. The molecule has 3 rings (SSSR count). The molecule has 1 atom stereocenters. The molecule has 0 saturated carbocycles. The van der Waals surface area contributed by atoms with Crippen molar-refractivity contribution in [3.8, 4) is 10.6 Å². The van der Waals surface area contributed by atoms with E-state index in [4.69, 9.17) is 5.73 Å². The van der Waals surface area contributed by atoms with Crippen LogP contribution in [0.3, 0.4) is 0 Å². The van der Waals surface area contributed by atoms with Crippen LogP contribution in [0.15, 0.2) is 23.6 Å². The summed E-state index contributed by atoms with van der Waals surface area (Å²) in [5.74, 6) is 0. The predicted octanol–water partition coefficient (Wildman–Crippen LogP) is 3.21. The fourth-order valence-corrected chi connectivity index (χ4v) is 3.47. The Morgan fingerprint density at radius 2 is 2.26 bits per heavy atom. The molecule has 1 aromatic heterocycles. The van der Waals surface area contributed by atoms with Crippen molar-refractivity contribution in [1.29, 1.82) is 0 Å². The zero-order chi connectivity index (χ0) is 13.4. The maximum atomic E-state index is 5.87. The van der Waals surface area contributed by atoms with E-state index in [1.165, 1.54) is 29.7 Å². The zero-order valence-corrected chi connectivity index (χ0v) is 12.2. The third-order valence-corrected chi connectivity index (χ3v) is 4.58. The third kappa shape index (κ3) is 2.38. The van der Waals surface area contributed by atoms with Crippen LogP contribution < -0.4 is 10.6 Å². The van der Waals surface area contributed by atoms with Crippen LogP contribution in [0.4, 0.5) is 5.69 Å². The van der Waals surface area contributed by atoms with Gasteiger partial charge in [-0.2, -0.15) is 0 Å². The van der Waals surface area contributed by atoms with Gasteiger partial charge in [-0.05, 0) is 43.5 Å². The Labute approximate surface area is 118 Å². The molecule has 0 spiro atoms. The van der Waals surface area contributed by atoms with Gasteiger partial charge >= 0.3 is 0 Å². The smallest absolute Gasteiger partial charge is 0.123 e. The Bertz CT molecular complexity index is 589. The summed E-state index contributed by atoms with van der Waals surface area (Å²) in [6, 6.07) is 6.68. The van der Waals surface area contributed by atoms with Crippen molar-refractivity contribution >= 4 is 17.0 Å². The number of aromatic nitrogens is 1. The molecular weight excluding hydrogens is 254 g/mol. The van der Waals surface area contributed by atoms with Gasteiger partial charge in [-0.15, -0.1) is 11.3 Å². The van der Waals surface area contributed by atoms with Crippen LogP contribution in [-0.2, 0) is 6.42 Å². The van der Waals surface area contributed by atoms with E-state index in [0.29, 0.717) is 0 Å². The first-order valence-corrected chi connectivity index (χ1v) is 7.58. The second-order valence-corrected chi connectivity index (χ2v) is 6.09. The highest BCUT2D eigenvalue weighted by Crippen LogP contribution is 2.32. The number of fused-ring (bicyclic) bond motifs is 1.